The van der Waals surface area contributed by atoms with E-state index in [2.05, 4.69) is 5.32 Å². The molecule has 1 aromatic rings. The third kappa shape index (κ3) is 4.64. The second kappa shape index (κ2) is 8.42. The Labute approximate surface area is 190 Å². The van der Waals surface area contributed by atoms with Crippen LogP contribution < -0.4 is 10.1 Å². The number of piperidine rings is 1. The molecule has 0 aliphatic carbocycles. The van der Waals surface area contributed by atoms with Crippen LogP contribution in [0.3, 0.4) is 0 Å². The number of ether oxygens (including phenoxy) is 4. The fourth-order valence-corrected chi connectivity index (χ4v) is 4.11. The molecule has 10 nitrogen and oxygen atoms in total. The smallest absolute Gasteiger partial charge is 0.409 e. The summed E-state index contributed by atoms with van der Waals surface area (Å²) in [4.78, 5) is 50.6. The van der Waals surface area contributed by atoms with E-state index in [4.69, 9.17) is 18.9 Å². The number of cyclic esters (lactones) is 2. The molecule has 2 fully saturated rings. The quantitative estimate of drug-likeness (QED) is 0.414. The molecule has 33 heavy (non-hydrogen) atoms. The SMILES string of the molecule is CCOC(=O)N1CCC2(CC1)CC(=O)c1cc(NC=C3C(=O)OC(C)(C)OC3=O)ccc1O2. The van der Waals surface area contributed by atoms with E-state index in [9.17, 15) is 19.2 Å². The highest BCUT2D eigenvalue weighted by atomic mass is 16.7. The Morgan fingerprint density at radius 2 is 1.79 bits per heavy atom. The molecule has 0 radical (unpaired) electrons. The first-order valence-corrected chi connectivity index (χ1v) is 10.8. The predicted octanol–water partition coefficient (Wildman–Crippen LogP) is 2.77. The summed E-state index contributed by atoms with van der Waals surface area (Å²) in [6.07, 6.45) is 2.11. The molecular formula is C23H26N2O8. The zero-order valence-electron chi connectivity index (χ0n) is 18.8. The van der Waals surface area contributed by atoms with Gasteiger partial charge in [-0.1, -0.05) is 0 Å². The normalized spacial score (nSPS) is 20.9. The summed E-state index contributed by atoms with van der Waals surface area (Å²) in [5, 5.41) is 2.84. The number of benzene rings is 1. The van der Waals surface area contributed by atoms with E-state index >= 15 is 0 Å². The van der Waals surface area contributed by atoms with Gasteiger partial charge in [0.25, 0.3) is 5.79 Å². The lowest BCUT2D eigenvalue weighted by molar-refractivity contribution is -0.222. The standard InChI is InChI=1S/C23H26N2O8/c1-4-30-21(29)25-9-7-23(8-10-25)12-17(26)15-11-14(5-6-18(15)31-23)24-13-16-19(27)32-22(2,3)33-20(16)28/h5-6,11,13,24H,4,7-10,12H2,1-3H3. The molecule has 0 unspecified atom stereocenters. The molecule has 2 saturated heterocycles. The van der Waals surface area contributed by atoms with Crippen molar-refractivity contribution in [1.82, 2.24) is 4.90 Å². The van der Waals surface area contributed by atoms with Gasteiger partial charge in [0.1, 0.15) is 11.4 Å². The molecule has 1 aromatic carbocycles. The van der Waals surface area contributed by atoms with Crippen LogP contribution in [0.1, 0.15) is 50.4 Å². The number of ketones is 1. The van der Waals surface area contributed by atoms with Crippen LogP contribution >= 0.6 is 0 Å². The lowest BCUT2D eigenvalue weighted by atomic mass is 9.82. The van der Waals surface area contributed by atoms with Gasteiger partial charge in [0.05, 0.1) is 18.6 Å². The van der Waals surface area contributed by atoms with E-state index in [1.165, 1.54) is 20.0 Å². The molecule has 10 heteroatoms. The van der Waals surface area contributed by atoms with Crippen LogP contribution in [0.2, 0.25) is 0 Å². The number of esters is 2. The molecule has 1 amide bonds. The summed E-state index contributed by atoms with van der Waals surface area (Å²) < 4.78 is 21.4. The zero-order valence-corrected chi connectivity index (χ0v) is 18.8. The van der Waals surface area contributed by atoms with Gasteiger partial charge < -0.3 is 29.2 Å². The van der Waals surface area contributed by atoms with Gasteiger partial charge in [-0.2, -0.15) is 0 Å². The van der Waals surface area contributed by atoms with Crippen LogP contribution in [-0.2, 0) is 23.8 Å². The molecule has 3 aliphatic heterocycles. The van der Waals surface area contributed by atoms with Crippen molar-refractivity contribution in [1.29, 1.82) is 0 Å². The summed E-state index contributed by atoms with van der Waals surface area (Å²) in [7, 11) is 0. The maximum absolute atomic E-state index is 12.9. The molecule has 0 aromatic heterocycles. The Kier molecular flexibility index (Phi) is 5.77. The van der Waals surface area contributed by atoms with Crippen molar-refractivity contribution in [3.05, 3.63) is 35.5 Å². The van der Waals surface area contributed by atoms with Gasteiger partial charge >= 0.3 is 18.0 Å². The van der Waals surface area contributed by atoms with Crippen molar-refractivity contribution in [2.75, 3.05) is 25.0 Å². The van der Waals surface area contributed by atoms with Crippen molar-refractivity contribution < 1.29 is 38.1 Å². The molecular weight excluding hydrogens is 432 g/mol. The number of hydrogen-bond donors (Lipinski definition) is 1. The van der Waals surface area contributed by atoms with Crippen LogP contribution in [0.15, 0.2) is 30.0 Å². The number of nitrogens with zero attached hydrogens (tertiary/aromatic N) is 1. The lowest BCUT2D eigenvalue weighted by Crippen LogP contribution is -2.52. The molecule has 0 saturated carbocycles. The average Bonchev–Trinajstić information content (AvgIpc) is 2.73. The van der Waals surface area contributed by atoms with E-state index in [0.717, 1.165) is 0 Å². The Bertz CT molecular complexity index is 1010. The highest BCUT2D eigenvalue weighted by Crippen LogP contribution is 2.40. The molecule has 3 aliphatic rings. The Hall–Kier alpha value is -3.56. The van der Waals surface area contributed by atoms with Gasteiger partial charge in [-0.25, -0.2) is 14.4 Å². The predicted molar refractivity (Wildman–Crippen MR) is 115 cm³/mol. The van der Waals surface area contributed by atoms with Crippen LogP contribution in [0, 0.1) is 0 Å². The number of carbonyl (C=O) groups excluding carboxylic acids is 4. The van der Waals surface area contributed by atoms with Crippen molar-refractivity contribution in [3.63, 3.8) is 0 Å². The Balaban J connectivity index is 1.45. The van der Waals surface area contributed by atoms with Gasteiger partial charge in [0.2, 0.25) is 0 Å². The monoisotopic (exact) mass is 458 g/mol. The summed E-state index contributed by atoms with van der Waals surface area (Å²) in [5.74, 6) is -2.51. The molecule has 0 atom stereocenters. The Morgan fingerprint density at radius 3 is 2.42 bits per heavy atom. The molecule has 176 valence electrons. The van der Waals surface area contributed by atoms with Crippen molar-refractivity contribution in [2.24, 2.45) is 0 Å². The maximum Gasteiger partial charge on any atom is 0.409 e. The zero-order chi connectivity index (χ0) is 23.8. The number of nitrogens with one attached hydrogen (secondary N) is 1. The first kappa shape index (κ1) is 22.6. The third-order valence-corrected chi connectivity index (χ3v) is 5.79. The van der Waals surface area contributed by atoms with Crippen molar-refractivity contribution in [3.8, 4) is 5.75 Å². The molecule has 0 bridgehead atoms. The van der Waals surface area contributed by atoms with Gasteiger partial charge in [-0.05, 0) is 25.1 Å². The summed E-state index contributed by atoms with van der Waals surface area (Å²) in [6, 6.07) is 4.96. The lowest BCUT2D eigenvalue weighted by Gasteiger charge is -2.43. The highest BCUT2D eigenvalue weighted by molar-refractivity contribution is 6.15. The number of likely N-dealkylation sites (tertiary alicyclic amines) is 1. The van der Waals surface area contributed by atoms with E-state index in [1.807, 2.05) is 0 Å². The van der Waals surface area contributed by atoms with E-state index < -0.39 is 23.3 Å². The molecule has 4 rings (SSSR count). The van der Waals surface area contributed by atoms with Crippen LogP contribution in [0.5, 0.6) is 5.75 Å². The van der Waals surface area contributed by atoms with Gasteiger partial charge in [0, 0.05) is 51.7 Å². The first-order valence-electron chi connectivity index (χ1n) is 10.8. The fraction of sp³-hybridized carbons (Fsp3) is 0.478. The molecule has 1 spiro atoms. The van der Waals surface area contributed by atoms with Crippen molar-refractivity contribution in [2.45, 2.75) is 51.4 Å². The summed E-state index contributed by atoms with van der Waals surface area (Å²) in [5.41, 5.74) is -0.0164. The minimum Gasteiger partial charge on any atom is -0.486 e. The number of fused-ring (bicyclic) bond motifs is 1. The minimum atomic E-state index is -1.32. The van der Waals surface area contributed by atoms with Gasteiger partial charge in [-0.3, -0.25) is 4.79 Å². The second-order valence-corrected chi connectivity index (χ2v) is 8.66. The van der Waals surface area contributed by atoms with Gasteiger partial charge in [-0.15, -0.1) is 0 Å². The molecule has 1 N–H and O–H groups in total. The number of Topliss-reactive ketones (excluding diaryl/α,β-unsaturated/α-hetero) is 1. The van der Waals surface area contributed by atoms with Gasteiger partial charge in [0.15, 0.2) is 11.4 Å². The number of amides is 1. The largest absolute Gasteiger partial charge is 0.486 e. The number of rotatable bonds is 3. The number of anilines is 1. The first-order chi connectivity index (χ1) is 15.6. The Morgan fingerprint density at radius 1 is 1.12 bits per heavy atom. The van der Waals surface area contributed by atoms with Crippen LogP contribution in [0.4, 0.5) is 10.5 Å². The van der Waals surface area contributed by atoms with E-state index in [0.29, 0.717) is 49.5 Å². The van der Waals surface area contributed by atoms with E-state index in [-0.39, 0.29) is 23.9 Å². The second-order valence-electron chi connectivity index (χ2n) is 8.66. The fourth-order valence-electron chi connectivity index (χ4n) is 4.11. The average molecular weight is 458 g/mol. The van der Waals surface area contributed by atoms with Crippen LogP contribution in [-0.4, -0.2) is 59.8 Å². The third-order valence-electron chi connectivity index (χ3n) is 5.79. The minimum absolute atomic E-state index is 0.0737. The molecule has 3 heterocycles. The van der Waals surface area contributed by atoms with Crippen LogP contribution in [0.25, 0.3) is 0 Å². The summed E-state index contributed by atoms with van der Waals surface area (Å²) >= 11 is 0. The number of carbonyl (C=O) groups is 4. The topological polar surface area (TPSA) is 120 Å². The maximum atomic E-state index is 12.9. The highest BCUT2D eigenvalue weighted by Gasteiger charge is 2.44. The van der Waals surface area contributed by atoms with Crippen molar-refractivity contribution >= 4 is 29.5 Å². The summed E-state index contributed by atoms with van der Waals surface area (Å²) in [6.45, 7) is 5.92. The number of hydrogen-bond acceptors (Lipinski definition) is 9. The van der Waals surface area contributed by atoms with E-state index in [1.54, 1.807) is 30.0 Å².